The van der Waals surface area contributed by atoms with Gasteiger partial charge in [-0.1, -0.05) is 30.3 Å². The van der Waals surface area contributed by atoms with Crippen molar-refractivity contribution in [1.82, 2.24) is 5.32 Å². The minimum atomic E-state index is -1.02. The van der Waals surface area contributed by atoms with Gasteiger partial charge < -0.3 is 10.4 Å². The molecule has 2 N–H and O–H groups in total. The third kappa shape index (κ3) is 3.68. The minimum Gasteiger partial charge on any atom is -0.388 e. The third-order valence-corrected chi connectivity index (χ3v) is 7.79. The molecular formula is C24H31NO3S. The van der Waals surface area contributed by atoms with Gasteiger partial charge in [0.25, 0.3) is 0 Å². The number of allylic oxidation sites excluding steroid dienone is 1. The van der Waals surface area contributed by atoms with Gasteiger partial charge in [-0.15, -0.1) is 0 Å². The molecule has 5 atom stereocenters. The number of thioether (sulfide) groups is 1. The summed E-state index contributed by atoms with van der Waals surface area (Å²) >= 11 is 1.70. The molecule has 1 aromatic rings. The maximum Gasteiger partial charge on any atom is 0.248 e. The van der Waals surface area contributed by atoms with Gasteiger partial charge in [0.1, 0.15) is 0 Å². The second-order valence-electron chi connectivity index (χ2n) is 9.36. The van der Waals surface area contributed by atoms with Crippen LogP contribution in [-0.2, 0) is 9.59 Å². The van der Waals surface area contributed by atoms with Gasteiger partial charge in [0.05, 0.1) is 11.6 Å². The number of carbonyl (C=O) groups excluding carboxylic acids is 2. The Labute approximate surface area is 177 Å². The Morgan fingerprint density at radius 2 is 1.86 bits per heavy atom. The molecule has 0 saturated heterocycles. The number of rotatable bonds is 7. The fourth-order valence-electron chi connectivity index (χ4n) is 5.79. The van der Waals surface area contributed by atoms with E-state index in [0.29, 0.717) is 29.4 Å². The highest BCUT2D eigenvalue weighted by atomic mass is 32.2. The molecule has 2 saturated carbocycles. The SMILES string of the molecule is CSCC[C@H](NC(=O)C1=C(c2ccccc2)C(=O)[C@@H]2[C@H]3CC[C@H](C3)[C@H]12)C(C)(C)O. The molecule has 3 aliphatic carbocycles. The Hall–Kier alpha value is -1.59. The number of benzene rings is 1. The molecular weight excluding hydrogens is 382 g/mol. The number of ketones is 1. The van der Waals surface area contributed by atoms with Gasteiger partial charge in [0, 0.05) is 23.0 Å². The molecule has 1 amide bonds. The summed E-state index contributed by atoms with van der Waals surface area (Å²) in [6.07, 6.45) is 6.00. The van der Waals surface area contributed by atoms with Crippen molar-refractivity contribution < 1.29 is 14.7 Å². The summed E-state index contributed by atoms with van der Waals surface area (Å²) < 4.78 is 0. The first kappa shape index (κ1) is 20.7. The molecule has 1 aromatic carbocycles. The highest BCUT2D eigenvalue weighted by molar-refractivity contribution is 7.98. The summed E-state index contributed by atoms with van der Waals surface area (Å²) in [7, 11) is 0. The van der Waals surface area contributed by atoms with Gasteiger partial charge in [-0.2, -0.15) is 11.8 Å². The van der Waals surface area contributed by atoms with Gasteiger partial charge >= 0.3 is 0 Å². The van der Waals surface area contributed by atoms with E-state index in [-0.39, 0.29) is 29.6 Å². The molecule has 3 aliphatic rings. The summed E-state index contributed by atoms with van der Waals surface area (Å²) in [5, 5.41) is 13.7. The molecule has 0 heterocycles. The van der Waals surface area contributed by atoms with Crippen LogP contribution in [0.2, 0.25) is 0 Å². The average molecular weight is 414 g/mol. The van der Waals surface area contributed by atoms with E-state index < -0.39 is 5.60 Å². The fraction of sp³-hybridized carbons (Fsp3) is 0.583. The van der Waals surface area contributed by atoms with Crippen LogP contribution in [-0.4, -0.2) is 40.4 Å². The summed E-state index contributed by atoms with van der Waals surface area (Å²) in [6, 6.07) is 9.30. The first-order valence-electron chi connectivity index (χ1n) is 10.7. The first-order valence-corrected chi connectivity index (χ1v) is 12.1. The lowest BCUT2D eigenvalue weighted by Crippen LogP contribution is -2.50. The predicted molar refractivity (Wildman–Crippen MR) is 117 cm³/mol. The van der Waals surface area contributed by atoms with Gasteiger partial charge in [0.15, 0.2) is 5.78 Å². The number of Topliss-reactive ketones (excluding diaryl/α,β-unsaturated/α-hetero) is 1. The van der Waals surface area contributed by atoms with Crippen LogP contribution >= 0.6 is 11.8 Å². The number of carbonyl (C=O) groups is 2. The molecule has 2 bridgehead atoms. The number of hydrogen-bond acceptors (Lipinski definition) is 4. The molecule has 5 heteroatoms. The van der Waals surface area contributed by atoms with Crippen LogP contribution in [0.4, 0.5) is 0 Å². The number of amides is 1. The molecule has 2 fully saturated rings. The molecule has 156 valence electrons. The zero-order chi connectivity index (χ0) is 20.8. The van der Waals surface area contributed by atoms with Crippen LogP contribution in [0.5, 0.6) is 0 Å². The number of fused-ring (bicyclic) bond motifs is 5. The van der Waals surface area contributed by atoms with Gasteiger partial charge in [-0.05, 0) is 68.9 Å². The van der Waals surface area contributed by atoms with Crippen molar-refractivity contribution in [2.75, 3.05) is 12.0 Å². The molecule has 0 aliphatic heterocycles. The fourth-order valence-corrected chi connectivity index (χ4v) is 6.26. The van der Waals surface area contributed by atoms with Crippen LogP contribution in [0.1, 0.15) is 45.1 Å². The largest absolute Gasteiger partial charge is 0.388 e. The van der Waals surface area contributed by atoms with E-state index in [0.717, 1.165) is 30.6 Å². The van der Waals surface area contributed by atoms with E-state index in [1.807, 2.05) is 36.6 Å². The number of hydrogen-bond donors (Lipinski definition) is 2. The Bertz CT molecular complexity index is 826. The van der Waals surface area contributed by atoms with E-state index in [4.69, 9.17) is 0 Å². The molecule has 0 aromatic heterocycles. The van der Waals surface area contributed by atoms with Crippen LogP contribution in [0.25, 0.3) is 5.57 Å². The summed E-state index contributed by atoms with van der Waals surface area (Å²) in [4.78, 5) is 27.0. The predicted octanol–water partition coefficient (Wildman–Crippen LogP) is 3.69. The summed E-state index contributed by atoms with van der Waals surface area (Å²) in [5.74, 6) is 1.71. The number of nitrogens with one attached hydrogen (secondary N) is 1. The van der Waals surface area contributed by atoms with Crippen molar-refractivity contribution in [3.63, 3.8) is 0 Å². The van der Waals surface area contributed by atoms with E-state index in [1.54, 1.807) is 25.6 Å². The van der Waals surface area contributed by atoms with E-state index in [9.17, 15) is 14.7 Å². The van der Waals surface area contributed by atoms with Crippen LogP contribution < -0.4 is 5.32 Å². The standard InChI is InChI=1S/C24H31NO3S/c1-24(2,28)17(11-12-29-3)25-23(27)21-18-15-9-10-16(13-15)20(18)22(26)19(21)14-7-5-4-6-8-14/h4-8,15-18,20,28H,9-13H2,1-3H3,(H,25,27)/t15-,16+,17+,18+,20-/m1/s1. The van der Waals surface area contributed by atoms with Gasteiger partial charge in [-0.3, -0.25) is 9.59 Å². The van der Waals surface area contributed by atoms with Crippen molar-refractivity contribution in [1.29, 1.82) is 0 Å². The maximum absolute atomic E-state index is 13.6. The molecule has 0 unspecified atom stereocenters. The van der Waals surface area contributed by atoms with Crippen molar-refractivity contribution in [2.45, 2.75) is 51.2 Å². The highest BCUT2D eigenvalue weighted by Crippen LogP contribution is 2.60. The summed E-state index contributed by atoms with van der Waals surface area (Å²) in [6.45, 7) is 3.48. The molecule has 29 heavy (non-hydrogen) atoms. The van der Waals surface area contributed by atoms with Crippen molar-refractivity contribution in [3.05, 3.63) is 41.5 Å². The molecule has 0 spiro atoms. The summed E-state index contributed by atoms with van der Waals surface area (Å²) in [5.41, 5.74) is 1.13. The third-order valence-electron chi connectivity index (χ3n) is 7.14. The lowest BCUT2D eigenvalue weighted by atomic mass is 9.78. The normalized spacial score (nSPS) is 29.3. The van der Waals surface area contributed by atoms with Crippen molar-refractivity contribution in [3.8, 4) is 0 Å². The zero-order valence-electron chi connectivity index (χ0n) is 17.5. The van der Waals surface area contributed by atoms with Crippen molar-refractivity contribution >= 4 is 29.0 Å². The van der Waals surface area contributed by atoms with Gasteiger partial charge in [0.2, 0.25) is 5.91 Å². The quantitative estimate of drug-likeness (QED) is 0.715. The second kappa shape index (κ2) is 7.92. The Kier molecular flexibility index (Phi) is 5.64. The van der Waals surface area contributed by atoms with Crippen LogP contribution in [0.15, 0.2) is 35.9 Å². The lowest BCUT2D eigenvalue weighted by molar-refractivity contribution is -0.120. The molecule has 4 rings (SSSR count). The van der Waals surface area contributed by atoms with Gasteiger partial charge in [-0.25, -0.2) is 0 Å². The monoisotopic (exact) mass is 413 g/mol. The smallest absolute Gasteiger partial charge is 0.248 e. The van der Waals surface area contributed by atoms with E-state index in [2.05, 4.69) is 5.32 Å². The van der Waals surface area contributed by atoms with E-state index >= 15 is 0 Å². The maximum atomic E-state index is 13.6. The lowest BCUT2D eigenvalue weighted by Gasteiger charge is -2.32. The molecule has 4 nitrogen and oxygen atoms in total. The number of aliphatic hydroxyl groups is 1. The molecule has 0 radical (unpaired) electrons. The Morgan fingerprint density at radius 1 is 1.21 bits per heavy atom. The Morgan fingerprint density at radius 3 is 2.48 bits per heavy atom. The second-order valence-corrected chi connectivity index (χ2v) is 10.4. The van der Waals surface area contributed by atoms with Crippen molar-refractivity contribution in [2.24, 2.45) is 23.7 Å². The average Bonchev–Trinajstić information content (AvgIpc) is 3.37. The Balaban J connectivity index is 1.71. The topological polar surface area (TPSA) is 66.4 Å². The van der Waals surface area contributed by atoms with E-state index in [1.165, 1.54) is 0 Å². The minimum absolute atomic E-state index is 0.0310. The van der Waals surface area contributed by atoms with Crippen LogP contribution in [0, 0.1) is 23.7 Å². The van der Waals surface area contributed by atoms with Crippen LogP contribution in [0.3, 0.4) is 0 Å². The zero-order valence-corrected chi connectivity index (χ0v) is 18.3. The first-order chi connectivity index (χ1) is 13.8. The highest BCUT2D eigenvalue weighted by Gasteiger charge is 2.58.